The molecule has 1 unspecified atom stereocenters. The fraction of sp³-hybridized carbons (Fsp3) is 0.286. The predicted octanol–water partition coefficient (Wildman–Crippen LogP) is 2.85. The fourth-order valence-corrected chi connectivity index (χ4v) is 2.62. The van der Waals surface area contributed by atoms with Gasteiger partial charge in [-0.05, 0) is 29.5 Å². The molecule has 3 N–H and O–H groups in total. The number of benzene rings is 1. The normalized spacial score (nSPS) is 12.6. The molecular formula is C14H18N2S. The molecule has 0 aliphatic rings. The second-order valence-electron chi connectivity index (χ2n) is 4.17. The molecule has 0 saturated carbocycles. The highest BCUT2D eigenvalue weighted by molar-refractivity contribution is 7.10. The number of nitrogens with one attached hydrogen (secondary N) is 1. The lowest BCUT2D eigenvalue weighted by atomic mass is 10.1. The first-order valence-electron chi connectivity index (χ1n) is 5.81. The summed E-state index contributed by atoms with van der Waals surface area (Å²) in [5.41, 5.74) is 8.65. The van der Waals surface area contributed by atoms with E-state index in [9.17, 15) is 0 Å². The Morgan fingerprint density at radius 3 is 2.65 bits per heavy atom. The molecule has 90 valence electrons. The lowest BCUT2D eigenvalue weighted by molar-refractivity contribution is 0.600. The lowest BCUT2D eigenvalue weighted by Crippen LogP contribution is -2.26. The van der Waals surface area contributed by atoms with Crippen LogP contribution in [0.15, 0.2) is 41.8 Å². The number of hydrogen-bond donors (Lipinski definition) is 2. The molecule has 2 rings (SSSR count). The highest BCUT2D eigenvalue weighted by Crippen LogP contribution is 2.15. The average Bonchev–Trinajstić information content (AvgIpc) is 2.76. The minimum Gasteiger partial charge on any atom is -0.323 e. The number of rotatable bonds is 5. The van der Waals surface area contributed by atoms with E-state index in [-0.39, 0.29) is 6.04 Å². The topological polar surface area (TPSA) is 38.0 Å². The first-order valence-corrected chi connectivity index (χ1v) is 6.69. The first-order chi connectivity index (χ1) is 8.27. The van der Waals surface area contributed by atoms with Crippen molar-refractivity contribution in [1.82, 2.24) is 5.32 Å². The van der Waals surface area contributed by atoms with Crippen molar-refractivity contribution in [2.75, 3.05) is 6.54 Å². The Bertz CT molecular complexity index is 450. The highest BCUT2D eigenvalue weighted by atomic mass is 32.1. The molecule has 1 atom stereocenters. The molecular weight excluding hydrogens is 228 g/mol. The molecule has 1 aromatic carbocycles. The lowest BCUT2D eigenvalue weighted by Gasteiger charge is -2.12. The summed E-state index contributed by atoms with van der Waals surface area (Å²) in [6, 6.07) is 12.4. The summed E-state index contributed by atoms with van der Waals surface area (Å²) in [4.78, 5) is 1.39. The second-order valence-corrected chi connectivity index (χ2v) is 5.18. The molecule has 17 heavy (non-hydrogen) atoms. The van der Waals surface area contributed by atoms with Crippen LogP contribution in [0.3, 0.4) is 0 Å². The van der Waals surface area contributed by atoms with Crippen molar-refractivity contribution >= 4 is 11.3 Å². The Morgan fingerprint density at radius 1 is 1.24 bits per heavy atom. The quantitative estimate of drug-likeness (QED) is 0.851. The van der Waals surface area contributed by atoms with E-state index in [1.807, 2.05) is 18.2 Å². The minimum atomic E-state index is 0.0662. The zero-order valence-electron chi connectivity index (χ0n) is 10.0. The summed E-state index contributed by atoms with van der Waals surface area (Å²) >= 11 is 1.79. The summed E-state index contributed by atoms with van der Waals surface area (Å²) in [6.07, 6.45) is 0. The number of hydrogen-bond acceptors (Lipinski definition) is 3. The Hall–Kier alpha value is -1.16. The smallest absolute Gasteiger partial charge is 0.0421 e. The first kappa shape index (κ1) is 12.3. The van der Waals surface area contributed by atoms with Gasteiger partial charge in [0.25, 0.3) is 0 Å². The number of nitrogens with two attached hydrogens (primary N) is 1. The van der Waals surface area contributed by atoms with Crippen LogP contribution in [-0.4, -0.2) is 6.54 Å². The molecule has 1 aromatic heterocycles. The van der Waals surface area contributed by atoms with Crippen molar-refractivity contribution in [3.8, 4) is 0 Å². The summed E-state index contributed by atoms with van der Waals surface area (Å²) < 4.78 is 0. The maximum atomic E-state index is 6.11. The zero-order valence-corrected chi connectivity index (χ0v) is 10.8. The molecule has 0 saturated heterocycles. The van der Waals surface area contributed by atoms with E-state index in [2.05, 4.69) is 35.8 Å². The minimum absolute atomic E-state index is 0.0662. The number of thiophene rings is 1. The molecule has 3 heteroatoms. The van der Waals surface area contributed by atoms with Gasteiger partial charge in [-0.1, -0.05) is 30.3 Å². The summed E-state index contributed by atoms with van der Waals surface area (Å²) in [6.45, 7) is 3.86. The monoisotopic (exact) mass is 246 g/mol. The van der Waals surface area contributed by atoms with Gasteiger partial charge in [-0.2, -0.15) is 0 Å². The summed E-state index contributed by atoms with van der Waals surface area (Å²) in [7, 11) is 0. The fourth-order valence-electron chi connectivity index (χ4n) is 1.74. The molecule has 0 bridgehead atoms. The van der Waals surface area contributed by atoms with E-state index in [1.54, 1.807) is 11.3 Å². The van der Waals surface area contributed by atoms with Crippen LogP contribution in [0.5, 0.6) is 0 Å². The van der Waals surface area contributed by atoms with Gasteiger partial charge in [-0.25, -0.2) is 0 Å². The van der Waals surface area contributed by atoms with E-state index in [0.717, 1.165) is 13.1 Å². The van der Waals surface area contributed by atoms with E-state index in [4.69, 9.17) is 5.73 Å². The summed E-state index contributed by atoms with van der Waals surface area (Å²) in [5, 5.41) is 5.54. The largest absolute Gasteiger partial charge is 0.323 e. The van der Waals surface area contributed by atoms with Crippen LogP contribution in [0.1, 0.15) is 22.0 Å². The van der Waals surface area contributed by atoms with Gasteiger partial charge < -0.3 is 11.1 Å². The third kappa shape index (κ3) is 3.40. The highest BCUT2D eigenvalue weighted by Gasteiger charge is 2.05. The SMILES string of the molecule is Cc1ccsc1CNCC(N)c1ccccc1. The Kier molecular flexibility index (Phi) is 4.31. The van der Waals surface area contributed by atoms with E-state index in [0.29, 0.717) is 0 Å². The maximum absolute atomic E-state index is 6.11. The third-order valence-corrected chi connectivity index (χ3v) is 3.87. The maximum Gasteiger partial charge on any atom is 0.0421 e. The van der Waals surface area contributed by atoms with Crippen LogP contribution in [0.25, 0.3) is 0 Å². The molecule has 0 radical (unpaired) electrons. The van der Waals surface area contributed by atoms with E-state index >= 15 is 0 Å². The van der Waals surface area contributed by atoms with Crippen molar-refractivity contribution in [1.29, 1.82) is 0 Å². The average molecular weight is 246 g/mol. The molecule has 0 aliphatic carbocycles. The van der Waals surface area contributed by atoms with Crippen molar-refractivity contribution < 1.29 is 0 Å². The number of aryl methyl sites for hydroxylation is 1. The Labute approximate surface area is 106 Å². The standard InChI is InChI=1S/C14H18N2S/c1-11-7-8-17-14(11)10-16-9-13(15)12-5-3-2-4-6-12/h2-8,13,16H,9-10,15H2,1H3. The van der Waals surface area contributed by atoms with Crippen LogP contribution in [0, 0.1) is 6.92 Å². The summed E-state index contributed by atoms with van der Waals surface area (Å²) in [5.74, 6) is 0. The van der Waals surface area contributed by atoms with Crippen molar-refractivity contribution in [2.24, 2.45) is 5.73 Å². The zero-order chi connectivity index (χ0) is 12.1. The van der Waals surface area contributed by atoms with E-state index < -0.39 is 0 Å². The van der Waals surface area contributed by atoms with Gasteiger partial charge in [-0.15, -0.1) is 11.3 Å². The molecule has 0 spiro atoms. The van der Waals surface area contributed by atoms with Crippen molar-refractivity contribution in [3.05, 3.63) is 57.8 Å². The van der Waals surface area contributed by atoms with Gasteiger partial charge in [0, 0.05) is 24.0 Å². The van der Waals surface area contributed by atoms with Crippen LogP contribution < -0.4 is 11.1 Å². The Balaban J connectivity index is 1.81. The van der Waals surface area contributed by atoms with Crippen molar-refractivity contribution in [3.63, 3.8) is 0 Å². The van der Waals surface area contributed by atoms with Gasteiger partial charge in [0.05, 0.1) is 0 Å². The van der Waals surface area contributed by atoms with Gasteiger partial charge in [0.2, 0.25) is 0 Å². The molecule has 0 fully saturated rings. The van der Waals surface area contributed by atoms with Crippen LogP contribution in [-0.2, 0) is 6.54 Å². The molecule has 2 nitrogen and oxygen atoms in total. The Morgan fingerprint density at radius 2 is 2.00 bits per heavy atom. The molecule has 2 aromatic rings. The van der Waals surface area contributed by atoms with Crippen LogP contribution in [0.2, 0.25) is 0 Å². The van der Waals surface area contributed by atoms with Crippen molar-refractivity contribution in [2.45, 2.75) is 19.5 Å². The van der Waals surface area contributed by atoms with Gasteiger partial charge in [0.1, 0.15) is 0 Å². The van der Waals surface area contributed by atoms with Gasteiger partial charge in [-0.3, -0.25) is 0 Å². The van der Waals surface area contributed by atoms with Crippen LogP contribution in [0.4, 0.5) is 0 Å². The van der Waals surface area contributed by atoms with Gasteiger partial charge >= 0.3 is 0 Å². The molecule has 0 amide bonds. The molecule has 0 aliphatic heterocycles. The van der Waals surface area contributed by atoms with Gasteiger partial charge in [0.15, 0.2) is 0 Å². The van der Waals surface area contributed by atoms with Crippen LogP contribution >= 0.6 is 11.3 Å². The predicted molar refractivity (Wildman–Crippen MR) is 74.1 cm³/mol. The van der Waals surface area contributed by atoms with E-state index in [1.165, 1.54) is 16.0 Å². The third-order valence-electron chi connectivity index (χ3n) is 2.85. The molecule has 1 heterocycles. The second kappa shape index (κ2) is 5.96.